The van der Waals surface area contributed by atoms with Gasteiger partial charge in [-0.3, -0.25) is 14.4 Å². The van der Waals surface area contributed by atoms with Gasteiger partial charge in [-0.15, -0.1) is 0 Å². The third kappa shape index (κ3) is 10.7. The van der Waals surface area contributed by atoms with Gasteiger partial charge < -0.3 is 14.6 Å². The second-order valence-electron chi connectivity index (χ2n) is 7.97. The third-order valence-corrected chi connectivity index (χ3v) is 3.28. The van der Waals surface area contributed by atoms with Crippen molar-refractivity contribution in [2.24, 2.45) is 16.7 Å². The number of hydrogen-bond acceptors (Lipinski definition) is 5. The van der Waals surface area contributed by atoms with Gasteiger partial charge in [0.25, 0.3) is 0 Å². The van der Waals surface area contributed by atoms with Crippen LogP contribution in [0.3, 0.4) is 0 Å². The van der Waals surface area contributed by atoms with Gasteiger partial charge in [-0.1, -0.05) is 41.5 Å². The minimum Gasteiger partial charge on any atom is -0.481 e. The molecular formula is C17H30O6. The fraction of sp³-hybridized carbons (Fsp3) is 0.824. The van der Waals surface area contributed by atoms with E-state index in [9.17, 15) is 14.4 Å². The van der Waals surface area contributed by atoms with E-state index >= 15 is 0 Å². The van der Waals surface area contributed by atoms with Crippen molar-refractivity contribution < 1.29 is 29.0 Å². The van der Waals surface area contributed by atoms with Crippen molar-refractivity contribution in [3.05, 3.63) is 0 Å². The highest BCUT2D eigenvalue weighted by Crippen LogP contribution is 2.36. The Labute approximate surface area is 138 Å². The van der Waals surface area contributed by atoms with E-state index < -0.39 is 11.9 Å². The van der Waals surface area contributed by atoms with Crippen LogP contribution in [-0.4, -0.2) is 36.2 Å². The second-order valence-corrected chi connectivity index (χ2v) is 7.97. The predicted octanol–water partition coefficient (Wildman–Crippen LogP) is 3.04. The lowest BCUT2D eigenvalue weighted by Gasteiger charge is -2.33. The first-order chi connectivity index (χ1) is 10.3. The van der Waals surface area contributed by atoms with Crippen LogP contribution in [0.2, 0.25) is 0 Å². The van der Waals surface area contributed by atoms with Gasteiger partial charge in [0, 0.05) is 0 Å². The summed E-state index contributed by atoms with van der Waals surface area (Å²) in [6.07, 6.45) is 0.252. The van der Waals surface area contributed by atoms with E-state index in [2.05, 4.69) is 20.8 Å². The highest BCUT2D eigenvalue weighted by molar-refractivity contribution is 5.76. The lowest BCUT2D eigenvalue weighted by atomic mass is 9.72. The molecule has 0 fully saturated rings. The zero-order chi connectivity index (χ0) is 18.3. The fourth-order valence-corrected chi connectivity index (χ4v) is 2.03. The SMILES string of the molecule is CC(C)(C)CC(C(=O)OCCOC(=O)CCC(=O)O)C(C)(C)C. The molecule has 0 amide bonds. The highest BCUT2D eigenvalue weighted by atomic mass is 16.6. The van der Waals surface area contributed by atoms with Crippen LogP contribution in [0.15, 0.2) is 0 Å². The molecule has 0 rings (SSSR count). The van der Waals surface area contributed by atoms with E-state index in [1.807, 2.05) is 20.8 Å². The molecule has 6 heteroatoms. The van der Waals surface area contributed by atoms with Crippen LogP contribution in [0.4, 0.5) is 0 Å². The zero-order valence-electron chi connectivity index (χ0n) is 15.1. The van der Waals surface area contributed by atoms with Crippen LogP contribution < -0.4 is 0 Å². The molecular weight excluding hydrogens is 300 g/mol. The number of esters is 2. The van der Waals surface area contributed by atoms with Crippen molar-refractivity contribution in [1.82, 2.24) is 0 Å². The molecule has 6 nitrogen and oxygen atoms in total. The summed E-state index contributed by atoms with van der Waals surface area (Å²) in [5, 5.41) is 8.46. The molecule has 0 aromatic rings. The van der Waals surface area contributed by atoms with Crippen LogP contribution in [0.5, 0.6) is 0 Å². The van der Waals surface area contributed by atoms with Gasteiger partial charge in [-0.25, -0.2) is 0 Å². The Kier molecular flexibility index (Phi) is 8.28. The Bertz CT molecular complexity index is 414. The molecule has 0 saturated carbocycles. The summed E-state index contributed by atoms with van der Waals surface area (Å²) in [7, 11) is 0. The number of rotatable bonds is 8. The summed E-state index contributed by atoms with van der Waals surface area (Å²) in [4.78, 5) is 33.9. The molecule has 0 heterocycles. The quantitative estimate of drug-likeness (QED) is 0.543. The van der Waals surface area contributed by atoms with Crippen LogP contribution in [0.25, 0.3) is 0 Å². The first kappa shape index (κ1) is 21.4. The van der Waals surface area contributed by atoms with E-state index in [1.54, 1.807) is 0 Å². The summed E-state index contributed by atoms with van der Waals surface area (Å²) >= 11 is 0. The minimum atomic E-state index is -1.05. The number of hydrogen-bond donors (Lipinski definition) is 1. The number of carboxylic acid groups (broad SMARTS) is 1. The number of carbonyl (C=O) groups excluding carboxylic acids is 2. The van der Waals surface area contributed by atoms with Crippen LogP contribution in [0, 0.1) is 16.7 Å². The number of aliphatic carboxylic acids is 1. The smallest absolute Gasteiger partial charge is 0.309 e. The Hall–Kier alpha value is -1.59. The number of ether oxygens (including phenoxy) is 2. The van der Waals surface area contributed by atoms with Gasteiger partial charge in [-0.05, 0) is 17.3 Å². The average Bonchev–Trinajstić information content (AvgIpc) is 2.36. The summed E-state index contributed by atoms with van der Waals surface area (Å²) in [5.41, 5.74) is -0.219. The van der Waals surface area contributed by atoms with Gasteiger partial charge in [0.05, 0.1) is 18.8 Å². The molecule has 0 aliphatic carbocycles. The van der Waals surface area contributed by atoms with E-state index in [1.165, 1.54) is 0 Å². The first-order valence-corrected chi connectivity index (χ1v) is 7.87. The van der Waals surface area contributed by atoms with E-state index in [0.717, 1.165) is 0 Å². The number of carbonyl (C=O) groups is 3. The molecule has 0 aliphatic rings. The maximum absolute atomic E-state index is 12.3. The third-order valence-electron chi connectivity index (χ3n) is 3.28. The molecule has 1 N–H and O–H groups in total. The molecule has 0 radical (unpaired) electrons. The summed E-state index contributed by atoms with van der Waals surface area (Å²) in [5.74, 6) is -2.20. The lowest BCUT2D eigenvalue weighted by molar-refractivity contribution is -0.159. The molecule has 0 aromatic carbocycles. The second kappa shape index (κ2) is 8.89. The molecule has 0 spiro atoms. The Morgan fingerprint density at radius 2 is 1.43 bits per heavy atom. The van der Waals surface area contributed by atoms with Crippen molar-refractivity contribution in [3.8, 4) is 0 Å². The zero-order valence-corrected chi connectivity index (χ0v) is 15.1. The molecule has 1 atom stereocenters. The molecule has 0 saturated heterocycles. The van der Waals surface area contributed by atoms with Gasteiger partial charge in [0.2, 0.25) is 0 Å². The van der Waals surface area contributed by atoms with E-state index in [4.69, 9.17) is 14.6 Å². The molecule has 0 aliphatic heterocycles. The summed E-state index contributed by atoms with van der Waals surface area (Å²) in [6, 6.07) is 0. The Morgan fingerprint density at radius 3 is 1.87 bits per heavy atom. The van der Waals surface area contributed by atoms with Gasteiger partial charge in [0.15, 0.2) is 0 Å². The molecule has 1 unspecified atom stereocenters. The standard InChI is InChI=1S/C17H30O6/c1-16(2,3)11-12(17(4,5)6)15(21)23-10-9-22-14(20)8-7-13(18)19/h12H,7-11H2,1-6H3,(H,18,19). The minimum absolute atomic E-state index is 0.000262. The average molecular weight is 330 g/mol. The largest absolute Gasteiger partial charge is 0.481 e. The van der Waals surface area contributed by atoms with Crippen molar-refractivity contribution in [1.29, 1.82) is 0 Å². The van der Waals surface area contributed by atoms with Crippen LogP contribution in [-0.2, 0) is 23.9 Å². The van der Waals surface area contributed by atoms with E-state index in [0.29, 0.717) is 6.42 Å². The van der Waals surface area contributed by atoms with Gasteiger partial charge in [-0.2, -0.15) is 0 Å². The molecule has 0 bridgehead atoms. The van der Waals surface area contributed by atoms with Crippen LogP contribution in [0.1, 0.15) is 60.8 Å². The maximum atomic E-state index is 12.3. The normalized spacial score (nSPS) is 13.3. The van der Waals surface area contributed by atoms with E-state index in [-0.39, 0.29) is 48.8 Å². The molecule has 0 aromatic heterocycles. The lowest BCUT2D eigenvalue weighted by Crippen LogP contribution is -2.34. The monoisotopic (exact) mass is 330 g/mol. The van der Waals surface area contributed by atoms with Gasteiger partial charge >= 0.3 is 17.9 Å². The molecule has 134 valence electrons. The summed E-state index contributed by atoms with van der Waals surface area (Å²) in [6.45, 7) is 12.1. The van der Waals surface area contributed by atoms with Crippen molar-refractivity contribution in [2.45, 2.75) is 60.8 Å². The first-order valence-electron chi connectivity index (χ1n) is 7.87. The van der Waals surface area contributed by atoms with Crippen molar-refractivity contribution in [3.63, 3.8) is 0 Å². The predicted molar refractivity (Wildman–Crippen MR) is 85.8 cm³/mol. The molecule has 23 heavy (non-hydrogen) atoms. The fourth-order valence-electron chi connectivity index (χ4n) is 2.03. The van der Waals surface area contributed by atoms with Crippen LogP contribution >= 0.6 is 0 Å². The van der Waals surface area contributed by atoms with Gasteiger partial charge in [0.1, 0.15) is 13.2 Å². The van der Waals surface area contributed by atoms with Crippen molar-refractivity contribution in [2.75, 3.05) is 13.2 Å². The van der Waals surface area contributed by atoms with Crippen molar-refractivity contribution >= 4 is 17.9 Å². The maximum Gasteiger partial charge on any atom is 0.309 e. The topological polar surface area (TPSA) is 89.9 Å². The Balaban J connectivity index is 4.29. The Morgan fingerprint density at radius 1 is 0.913 bits per heavy atom. The number of carboxylic acids is 1. The summed E-state index contributed by atoms with van der Waals surface area (Å²) < 4.78 is 10.0. The highest BCUT2D eigenvalue weighted by Gasteiger charge is 2.35.